The minimum Gasteiger partial charge on any atom is -0.465 e. The van der Waals surface area contributed by atoms with Crippen molar-refractivity contribution in [3.8, 4) is 0 Å². The summed E-state index contributed by atoms with van der Waals surface area (Å²) in [5, 5.41) is 1.16. The van der Waals surface area contributed by atoms with E-state index in [1.807, 2.05) is 0 Å². The zero-order chi connectivity index (χ0) is 9.03. The van der Waals surface area contributed by atoms with Crippen LogP contribution < -0.4 is 0 Å². The molecule has 0 bridgehead atoms. The molecule has 12 heavy (non-hydrogen) atoms. The normalized spacial score (nSPS) is 12.4. The molecule has 1 aromatic rings. The van der Waals surface area contributed by atoms with Crippen molar-refractivity contribution in [1.82, 2.24) is 0 Å². The van der Waals surface area contributed by atoms with Gasteiger partial charge in [-0.05, 0) is 18.2 Å². The van der Waals surface area contributed by atoms with Crippen LogP contribution in [0.2, 0.25) is 0 Å². The molecule has 0 N–H and O–H groups in total. The molecule has 0 aliphatic rings. The van der Waals surface area contributed by atoms with Gasteiger partial charge in [0.15, 0.2) is 9.84 Å². The van der Waals surface area contributed by atoms with E-state index in [0.29, 0.717) is 5.76 Å². The minimum atomic E-state index is -3.04. The van der Waals surface area contributed by atoms with Crippen LogP contribution in [0.15, 0.2) is 28.2 Å². The number of furan rings is 1. The first-order chi connectivity index (χ1) is 5.64. The molecule has 0 amide bonds. The molecule has 0 aromatic carbocycles. The van der Waals surface area contributed by atoms with Crippen molar-refractivity contribution in [2.24, 2.45) is 0 Å². The van der Waals surface area contributed by atoms with Crippen LogP contribution in [0.25, 0.3) is 6.08 Å². The lowest BCUT2D eigenvalue weighted by Gasteiger charge is -1.88. The van der Waals surface area contributed by atoms with E-state index in [1.54, 1.807) is 19.1 Å². The number of hydrogen-bond acceptors (Lipinski definition) is 3. The Balaban J connectivity index is 2.76. The molecule has 0 fully saturated rings. The molecule has 0 saturated carbocycles. The van der Waals surface area contributed by atoms with Gasteiger partial charge in [0.2, 0.25) is 0 Å². The Kier molecular flexibility index (Phi) is 2.70. The lowest BCUT2D eigenvalue weighted by molar-refractivity contribution is 0.557. The highest BCUT2D eigenvalue weighted by atomic mass is 32.2. The number of hydrogen-bond donors (Lipinski definition) is 0. The highest BCUT2D eigenvalue weighted by Crippen LogP contribution is 2.04. The van der Waals surface area contributed by atoms with Gasteiger partial charge >= 0.3 is 0 Å². The lowest BCUT2D eigenvalue weighted by Crippen LogP contribution is -1.96. The van der Waals surface area contributed by atoms with Gasteiger partial charge < -0.3 is 4.42 Å². The molecule has 0 saturated heterocycles. The Morgan fingerprint density at radius 1 is 1.58 bits per heavy atom. The second-order valence-electron chi connectivity index (χ2n) is 2.27. The Hall–Kier alpha value is -1.03. The van der Waals surface area contributed by atoms with E-state index in [4.69, 9.17) is 4.42 Å². The number of rotatable bonds is 3. The predicted molar refractivity (Wildman–Crippen MR) is 47.2 cm³/mol. The fourth-order valence-corrected chi connectivity index (χ4v) is 1.19. The molecule has 0 radical (unpaired) electrons. The van der Waals surface area contributed by atoms with E-state index in [1.165, 1.54) is 12.3 Å². The molecule has 0 spiro atoms. The first kappa shape index (κ1) is 9.06. The highest BCUT2D eigenvalue weighted by Gasteiger charge is 2.00. The molecule has 0 aliphatic heterocycles. The van der Waals surface area contributed by atoms with Gasteiger partial charge in [-0.25, -0.2) is 8.42 Å². The van der Waals surface area contributed by atoms with Crippen molar-refractivity contribution in [1.29, 1.82) is 0 Å². The Morgan fingerprint density at radius 2 is 2.33 bits per heavy atom. The van der Waals surface area contributed by atoms with Crippen molar-refractivity contribution in [2.75, 3.05) is 5.75 Å². The fourth-order valence-electron chi connectivity index (χ4n) is 0.653. The molecule has 1 heterocycles. The van der Waals surface area contributed by atoms with Crippen molar-refractivity contribution in [2.45, 2.75) is 6.92 Å². The summed E-state index contributed by atoms with van der Waals surface area (Å²) in [6.07, 6.45) is 2.94. The van der Waals surface area contributed by atoms with Crippen LogP contribution in [0.4, 0.5) is 0 Å². The molecule has 4 heteroatoms. The summed E-state index contributed by atoms with van der Waals surface area (Å²) in [5.41, 5.74) is 0. The van der Waals surface area contributed by atoms with Crippen LogP contribution in [0.1, 0.15) is 12.7 Å². The van der Waals surface area contributed by atoms with E-state index >= 15 is 0 Å². The maximum atomic E-state index is 11.0. The fraction of sp³-hybridized carbons (Fsp3) is 0.250. The summed E-state index contributed by atoms with van der Waals surface area (Å²) in [7, 11) is -3.04. The van der Waals surface area contributed by atoms with Crippen LogP contribution in [-0.2, 0) is 9.84 Å². The monoisotopic (exact) mass is 186 g/mol. The van der Waals surface area contributed by atoms with Crippen LogP contribution in [-0.4, -0.2) is 14.2 Å². The molecule has 66 valence electrons. The third kappa shape index (κ3) is 2.54. The third-order valence-electron chi connectivity index (χ3n) is 1.39. The van der Waals surface area contributed by atoms with Gasteiger partial charge in [-0.15, -0.1) is 0 Å². The maximum Gasteiger partial charge on any atom is 0.171 e. The van der Waals surface area contributed by atoms with Gasteiger partial charge in [-0.3, -0.25) is 0 Å². The molecule has 0 atom stereocenters. The van der Waals surface area contributed by atoms with Crippen molar-refractivity contribution < 1.29 is 12.8 Å². The predicted octanol–water partition coefficient (Wildman–Crippen LogP) is 1.69. The molecule has 0 unspecified atom stereocenters. The van der Waals surface area contributed by atoms with Gasteiger partial charge in [0.25, 0.3) is 0 Å². The van der Waals surface area contributed by atoms with E-state index < -0.39 is 9.84 Å². The average molecular weight is 186 g/mol. The summed E-state index contributed by atoms with van der Waals surface area (Å²) in [4.78, 5) is 0. The van der Waals surface area contributed by atoms with Gasteiger partial charge in [-0.1, -0.05) is 6.92 Å². The first-order valence-electron chi connectivity index (χ1n) is 3.58. The summed E-state index contributed by atoms with van der Waals surface area (Å²) < 4.78 is 26.9. The molecule has 0 aliphatic carbocycles. The maximum absolute atomic E-state index is 11.0. The van der Waals surface area contributed by atoms with Crippen LogP contribution >= 0.6 is 0 Å². The molecule has 3 nitrogen and oxygen atoms in total. The van der Waals surface area contributed by atoms with Crippen molar-refractivity contribution in [3.05, 3.63) is 29.6 Å². The summed E-state index contributed by atoms with van der Waals surface area (Å²) in [5.74, 6) is 0.663. The number of sulfone groups is 1. The molecular weight excluding hydrogens is 176 g/mol. The van der Waals surface area contributed by atoms with Gasteiger partial charge in [0.05, 0.1) is 12.0 Å². The summed E-state index contributed by atoms with van der Waals surface area (Å²) in [6, 6.07) is 3.40. The second-order valence-corrected chi connectivity index (χ2v) is 4.44. The Morgan fingerprint density at radius 3 is 2.83 bits per heavy atom. The van der Waals surface area contributed by atoms with E-state index in [9.17, 15) is 8.42 Å². The molecular formula is C8H10O3S. The van der Waals surface area contributed by atoms with Crippen molar-refractivity contribution >= 4 is 15.9 Å². The standard InChI is InChI=1S/C8H10O3S/c1-2-12(9,10)7-5-8-4-3-6-11-8/h3-7H,2H2,1H3/b7-5+. The summed E-state index contributed by atoms with van der Waals surface area (Å²) in [6.45, 7) is 1.60. The average Bonchev–Trinajstić information content (AvgIpc) is 2.53. The SMILES string of the molecule is CCS(=O)(=O)/C=C/c1ccco1. The third-order valence-corrected chi connectivity index (χ3v) is 2.74. The van der Waals surface area contributed by atoms with Crippen LogP contribution in [0, 0.1) is 0 Å². The minimum absolute atomic E-state index is 0.115. The van der Waals surface area contributed by atoms with Gasteiger partial charge in [0.1, 0.15) is 5.76 Å². The Labute approximate surface area is 71.6 Å². The van der Waals surface area contributed by atoms with E-state index in [2.05, 4.69) is 0 Å². The van der Waals surface area contributed by atoms with Crippen LogP contribution in [0.3, 0.4) is 0 Å². The second kappa shape index (κ2) is 3.58. The molecule has 1 rings (SSSR count). The van der Waals surface area contributed by atoms with E-state index in [-0.39, 0.29) is 5.75 Å². The lowest BCUT2D eigenvalue weighted by atomic mass is 10.5. The zero-order valence-corrected chi connectivity index (χ0v) is 7.54. The largest absolute Gasteiger partial charge is 0.465 e. The Bertz CT molecular complexity index is 346. The highest BCUT2D eigenvalue weighted by molar-refractivity contribution is 7.94. The smallest absolute Gasteiger partial charge is 0.171 e. The molecule has 1 aromatic heterocycles. The quantitative estimate of drug-likeness (QED) is 0.721. The van der Waals surface area contributed by atoms with Gasteiger partial charge in [-0.2, -0.15) is 0 Å². The van der Waals surface area contributed by atoms with Crippen molar-refractivity contribution in [3.63, 3.8) is 0 Å². The van der Waals surface area contributed by atoms with E-state index in [0.717, 1.165) is 5.41 Å². The first-order valence-corrected chi connectivity index (χ1v) is 5.30. The summed E-state index contributed by atoms with van der Waals surface area (Å²) >= 11 is 0. The van der Waals surface area contributed by atoms with Gasteiger partial charge in [0, 0.05) is 5.41 Å². The van der Waals surface area contributed by atoms with Crippen LogP contribution in [0.5, 0.6) is 0 Å². The topological polar surface area (TPSA) is 47.3 Å². The zero-order valence-electron chi connectivity index (χ0n) is 6.73.